The number of rotatable bonds is 4. The molecule has 0 aromatic heterocycles. The van der Waals surface area contributed by atoms with E-state index in [1.54, 1.807) is 0 Å². The molecule has 0 unspecified atom stereocenters. The minimum Gasteiger partial charge on any atom is -0.333 e. The first kappa shape index (κ1) is 19.6. The summed E-state index contributed by atoms with van der Waals surface area (Å²) in [6, 6.07) is 21.0. The highest BCUT2D eigenvalue weighted by molar-refractivity contribution is 5.92. The fourth-order valence-corrected chi connectivity index (χ4v) is 6.28. The lowest BCUT2D eigenvalue weighted by molar-refractivity contribution is -0.132. The fourth-order valence-electron chi connectivity index (χ4n) is 6.28. The molecule has 2 atom stereocenters. The zero-order valence-electron chi connectivity index (χ0n) is 17.7. The van der Waals surface area contributed by atoms with E-state index >= 15 is 0 Å². The first-order valence-corrected chi connectivity index (χ1v) is 11.6. The summed E-state index contributed by atoms with van der Waals surface area (Å²) in [6.07, 6.45) is 9.98. The van der Waals surface area contributed by atoms with Crippen molar-refractivity contribution in [1.82, 2.24) is 9.80 Å². The maximum Gasteiger partial charge on any atom is 0.247 e. The first-order valence-electron chi connectivity index (χ1n) is 11.6. The number of carbonyl (C=O) groups excluding carboxylic acids is 1. The van der Waals surface area contributed by atoms with Gasteiger partial charge >= 0.3 is 0 Å². The molecule has 3 fully saturated rings. The summed E-state index contributed by atoms with van der Waals surface area (Å²) in [7, 11) is 0. The lowest BCUT2D eigenvalue weighted by Gasteiger charge is -2.45. The molecule has 2 saturated heterocycles. The van der Waals surface area contributed by atoms with Gasteiger partial charge in [-0.25, -0.2) is 0 Å². The molecule has 156 valence electrons. The normalized spacial score (nSPS) is 25.8. The van der Waals surface area contributed by atoms with Gasteiger partial charge in [-0.05, 0) is 36.0 Å². The molecule has 0 N–H and O–H groups in total. The van der Waals surface area contributed by atoms with E-state index in [1.807, 2.05) is 30.4 Å². The highest BCUT2D eigenvalue weighted by atomic mass is 16.2. The van der Waals surface area contributed by atoms with Crippen molar-refractivity contribution in [3.8, 4) is 0 Å². The predicted molar refractivity (Wildman–Crippen MR) is 122 cm³/mol. The van der Waals surface area contributed by atoms with Gasteiger partial charge in [0.2, 0.25) is 5.91 Å². The number of benzene rings is 2. The zero-order valence-corrected chi connectivity index (χ0v) is 17.7. The zero-order chi connectivity index (χ0) is 20.4. The predicted octanol–water partition coefficient (Wildman–Crippen LogP) is 4.99. The number of likely N-dealkylation sites (tertiary alicyclic amines) is 2. The third-order valence-electron chi connectivity index (χ3n) is 7.61. The molecule has 1 saturated carbocycles. The second-order valence-electron chi connectivity index (χ2n) is 9.40. The lowest BCUT2D eigenvalue weighted by atomic mass is 9.71. The molecule has 1 amide bonds. The SMILES string of the molecule is O=C(/C=C/c1ccccc1)N1C[C@@H]2CN(Cc3ccccc3)C[C@@H]2C12CCCCC2. The highest BCUT2D eigenvalue weighted by Gasteiger charge is 2.57. The van der Waals surface area contributed by atoms with Gasteiger partial charge in [-0.2, -0.15) is 0 Å². The van der Waals surface area contributed by atoms with Crippen LogP contribution in [-0.4, -0.2) is 40.9 Å². The highest BCUT2D eigenvalue weighted by Crippen LogP contribution is 2.51. The molecule has 2 aromatic rings. The van der Waals surface area contributed by atoms with Gasteiger partial charge in [-0.3, -0.25) is 9.69 Å². The molecule has 0 radical (unpaired) electrons. The van der Waals surface area contributed by atoms with E-state index in [0.29, 0.717) is 11.8 Å². The van der Waals surface area contributed by atoms with Crippen molar-refractivity contribution < 1.29 is 4.79 Å². The number of fused-ring (bicyclic) bond motifs is 2. The Labute approximate surface area is 180 Å². The summed E-state index contributed by atoms with van der Waals surface area (Å²) >= 11 is 0. The van der Waals surface area contributed by atoms with Crippen LogP contribution in [0, 0.1) is 11.8 Å². The van der Waals surface area contributed by atoms with Gasteiger partial charge in [0, 0.05) is 43.7 Å². The summed E-state index contributed by atoms with van der Waals surface area (Å²) in [5.41, 5.74) is 2.57. The molecular formula is C27H32N2O. The summed E-state index contributed by atoms with van der Waals surface area (Å²) in [6.45, 7) is 4.21. The average molecular weight is 401 g/mol. The second-order valence-corrected chi connectivity index (χ2v) is 9.40. The topological polar surface area (TPSA) is 23.6 Å². The monoisotopic (exact) mass is 400 g/mol. The van der Waals surface area contributed by atoms with Crippen molar-refractivity contribution >= 4 is 12.0 Å². The summed E-state index contributed by atoms with van der Waals surface area (Å²) < 4.78 is 0. The summed E-state index contributed by atoms with van der Waals surface area (Å²) in [4.78, 5) is 18.2. The van der Waals surface area contributed by atoms with Crippen molar-refractivity contribution in [3.05, 3.63) is 77.9 Å². The molecule has 30 heavy (non-hydrogen) atoms. The Morgan fingerprint density at radius 3 is 2.33 bits per heavy atom. The van der Waals surface area contributed by atoms with E-state index in [4.69, 9.17) is 0 Å². The minimum absolute atomic E-state index is 0.0759. The largest absolute Gasteiger partial charge is 0.333 e. The Morgan fingerprint density at radius 2 is 1.60 bits per heavy atom. The second kappa shape index (κ2) is 8.39. The molecule has 1 aliphatic carbocycles. The van der Waals surface area contributed by atoms with Gasteiger partial charge in [0.1, 0.15) is 0 Å². The van der Waals surface area contributed by atoms with Gasteiger partial charge in [-0.15, -0.1) is 0 Å². The van der Waals surface area contributed by atoms with Crippen molar-refractivity contribution in [2.45, 2.75) is 44.2 Å². The average Bonchev–Trinajstić information content (AvgIpc) is 3.31. The minimum atomic E-state index is 0.0759. The lowest BCUT2D eigenvalue weighted by Crippen LogP contribution is -2.53. The van der Waals surface area contributed by atoms with Crippen molar-refractivity contribution in [3.63, 3.8) is 0 Å². The van der Waals surface area contributed by atoms with E-state index in [2.05, 4.69) is 52.3 Å². The number of hydrogen-bond donors (Lipinski definition) is 0. The quantitative estimate of drug-likeness (QED) is 0.675. The Morgan fingerprint density at radius 1 is 0.900 bits per heavy atom. The van der Waals surface area contributed by atoms with E-state index in [1.165, 1.54) is 37.7 Å². The molecule has 3 aliphatic rings. The van der Waals surface area contributed by atoms with Crippen molar-refractivity contribution in [1.29, 1.82) is 0 Å². The first-order chi connectivity index (χ1) is 14.7. The van der Waals surface area contributed by atoms with Crippen LogP contribution in [0.2, 0.25) is 0 Å². The molecule has 2 heterocycles. The molecular weight excluding hydrogens is 368 g/mol. The van der Waals surface area contributed by atoms with E-state index in [-0.39, 0.29) is 11.4 Å². The maximum atomic E-state index is 13.3. The molecule has 3 nitrogen and oxygen atoms in total. The summed E-state index contributed by atoms with van der Waals surface area (Å²) in [5, 5.41) is 0. The van der Waals surface area contributed by atoms with Gasteiger partial charge in [-0.1, -0.05) is 79.9 Å². The molecule has 2 aromatic carbocycles. The third kappa shape index (κ3) is 3.72. The van der Waals surface area contributed by atoms with Gasteiger partial charge in [0.25, 0.3) is 0 Å². The van der Waals surface area contributed by atoms with E-state index < -0.39 is 0 Å². The van der Waals surface area contributed by atoms with Crippen LogP contribution in [0.4, 0.5) is 0 Å². The van der Waals surface area contributed by atoms with Crippen LogP contribution in [0.5, 0.6) is 0 Å². The Balaban J connectivity index is 1.33. The maximum absolute atomic E-state index is 13.3. The number of nitrogens with zero attached hydrogens (tertiary/aromatic N) is 2. The molecule has 0 bridgehead atoms. The van der Waals surface area contributed by atoms with Crippen LogP contribution in [0.1, 0.15) is 43.2 Å². The smallest absolute Gasteiger partial charge is 0.247 e. The van der Waals surface area contributed by atoms with Crippen molar-refractivity contribution in [2.24, 2.45) is 11.8 Å². The third-order valence-corrected chi connectivity index (χ3v) is 7.61. The Bertz CT molecular complexity index is 886. The standard InChI is InChI=1S/C27H32N2O/c30-26(15-14-22-10-4-1-5-11-22)29-20-24-19-28(18-23-12-6-2-7-13-23)21-25(24)27(29)16-8-3-9-17-27/h1-2,4-7,10-15,24-25H,3,8-9,16-21H2/b15-14+/t24-,25-/m0/s1. The van der Waals surface area contributed by atoms with Crippen LogP contribution < -0.4 is 0 Å². The fraction of sp³-hybridized carbons (Fsp3) is 0.444. The summed E-state index contributed by atoms with van der Waals surface area (Å²) in [5.74, 6) is 1.45. The molecule has 5 rings (SSSR count). The van der Waals surface area contributed by atoms with Crippen LogP contribution >= 0.6 is 0 Å². The molecule has 3 heteroatoms. The van der Waals surface area contributed by atoms with Gasteiger partial charge < -0.3 is 4.90 Å². The molecule has 2 aliphatic heterocycles. The number of hydrogen-bond acceptors (Lipinski definition) is 2. The number of carbonyl (C=O) groups is 1. The van der Waals surface area contributed by atoms with E-state index in [9.17, 15) is 4.79 Å². The van der Waals surface area contributed by atoms with Gasteiger partial charge in [0.15, 0.2) is 0 Å². The van der Waals surface area contributed by atoms with Crippen molar-refractivity contribution in [2.75, 3.05) is 19.6 Å². The Hall–Kier alpha value is -2.39. The molecule has 1 spiro atoms. The van der Waals surface area contributed by atoms with E-state index in [0.717, 1.165) is 31.7 Å². The van der Waals surface area contributed by atoms with Gasteiger partial charge in [0.05, 0.1) is 0 Å². The van der Waals surface area contributed by atoms with Crippen LogP contribution in [0.25, 0.3) is 6.08 Å². The van der Waals surface area contributed by atoms with Crippen LogP contribution in [0.15, 0.2) is 66.7 Å². The van der Waals surface area contributed by atoms with Crippen LogP contribution in [0.3, 0.4) is 0 Å². The number of amides is 1. The van der Waals surface area contributed by atoms with Crippen LogP contribution in [-0.2, 0) is 11.3 Å². The Kier molecular flexibility index (Phi) is 5.47.